The molecule has 1 atom stereocenters. The summed E-state index contributed by atoms with van der Waals surface area (Å²) >= 11 is 6.77. The van der Waals surface area contributed by atoms with Gasteiger partial charge in [0.15, 0.2) is 0 Å². The van der Waals surface area contributed by atoms with Gasteiger partial charge in [-0.3, -0.25) is 19.3 Å². The van der Waals surface area contributed by atoms with Crippen LogP contribution in [0.3, 0.4) is 0 Å². The van der Waals surface area contributed by atoms with Crippen molar-refractivity contribution in [3.63, 3.8) is 0 Å². The van der Waals surface area contributed by atoms with Gasteiger partial charge in [-0.05, 0) is 52.2 Å². The number of nitrogens with zero attached hydrogens (tertiary/aromatic N) is 3. The van der Waals surface area contributed by atoms with Crippen LogP contribution in [0.5, 0.6) is 0 Å². The van der Waals surface area contributed by atoms with Crippen molar-refractivity contribution in [2.75, 3.05) is 24.6 Å². The normalized spacial score (nSPS) is 18.9. The minimum Gasteiger partial charge on any atom is -0.466 e. The molecule has 0 bridgehead atoms. The summed E-state index contributed by atoms with van der Waals surface area (Å²) in [6.45, 7) is 9.90. The molecule has 2 saturated heterocycles. The van der Waals surface area contributed by atoms with Crippen LogP contribution in [0.2, 0.25) is 0 Å². The quantitative estimate of drug-likeness (QED) is 0.291. The zero-order chi connectivity index (χ0) is 26.0. The lowest BCUT2D eigenvalue weighted by atomic mass is 9.95. The Hall–Kier alpha value is -2.65. The van der Waals surface area contributed by atoms with Gasteiger partial charge in [-0.15, -0.1) is 0 Å². The second-order valence-electron chi connectivity index (χ2n) is 9.15. The van der Waals surface area contributed by atoms with Crippen LogP contribution >= 0.6 is 24.0 Å². The van der Waals surface area contributed by atoms with Crippen LogP contribution in [0, 0.1) is 5.92 Å². The number of piperidine rings is 1. The Morgan fingerprint density at radius 1 is 1.19 bits per heavy atom. The van der Waals surface area contributed by atoms with Gasteiger partial charge in [-0.25, -0.2) is 0 Å². The molecule has 2 aliphatic rings. The Kier molecular flexibility index (Phi) is 8.20. The zero-order valence-corrected chi connectivity index (χ0v) is 22.9. The van der Waals surface area contributed by atoms with E-state index in [4.69, 9.17) is 17.0 Å². The number of hydrogen-bond donors (Lipinski definition) is 0. The van der Waals surface area contributed by atoms with E-state index in [1.54, 1.807) is 15.5 Å². The highest BCUT2D eigenvalue weighted by molar-refractivity contribution is 8.26. The molecule has 0 spiro atoms. The SMILES string of the molecule is CCOC(=O)C1CCN(c2c(C=C3SC(=S)N(C(C)CC)C3=O)c(=O)n(CC)c3ccccc23)CC1. The van der Waals surface area contributed by atoms with Crippen molar-refractivity contribution >= 4 is 62.8 Å². The first-order chi connectivity index (χ1) is 17.3. The highest BCUT2D eigenvalue weighted by atomic mass is 32.2. The molecule has 3 heterocycles. The molecule has 2 aromatic rings. The number of fused-ring (bicyclic) bond motifs is 1. The topological polar surface area (TPSA) is 71.8 Å². The standard InChI is InChI=1S/C27H33N3O4S2/c1-5-17(4)30-25(32)22(36-27(30)35)16-20-23(28-14-12-18(13-15-28)26(33)34-7-3)19-10-8-9-11-21(19)29(6-2)24(20)31/h8-11,16-18H,5-7,12-15H2,1-4H3. The number of anilines is 1. The number of thiocarbonyl (C=S) groups is 1. The maximum absolute atomic E-state index is 13.8. The largest absolute Gasteiger partial charge is 0.466 e. The summed E-state index contributed by atoms with van der Waals surface area (Å²) in [6, 6.07) is 7.88. The number of carbonyl (C=O) groups excluding carboxylic acids is 2. The molecular formula is C27H33N3O4S2. The lowest BCUT2D eigenvalue weighted by Gasteiger charge is -2.34. The second kappa shape index (κ2) is 11.2. The predicted molar refractivity (Wildman–Crippen MR) is 150 cm³/mol. The third kappa shape index (κ3) is 4.83. The third-order valence-electron chi connectivity index (χ3n) is 7.06. The van der Waals surface area contributed by atoms with Gasteiger partial charge in [-0.1, -0.05) is 49.1 Å². The van der Waals surface area contributed by atoms with Crippen LogP contribution in [-0.2, 0) is 20.9 Å². The van der Waals surface area contributed by atoms with Crippen LogP contribution in [-0.4, -0.2) is 51.4 Å². The van der Waals surface area contributed by atoms with E-state index in [0.29, 0.717) is 53.9 Å². The first-order valence-corrected chi connectivity index (χ1v) is 13.9. The van der Waals surface area contributed by atoms with Crippen molar-refractivity contribution in [1.29, 1.82) is 0 Å². The molecule has 2 aliphatic heterocycles. The van der Waals surface area contributed by atoms with Crippen LogP contribution in [0.15, 0.2) is 34.0 Å². The predicted octanol–water partition coefficient (Wildman–Crippen LogP) is 4.80. The molecule has 0 N–H and O–H groups in total. The number of para-hydroxylation sites is 1. The van der Waals surface area contributed by atoms with E-state index < -0.39 is 0 Å². The van der Waals surface area contributed by atoms with E-state index in [-0.39, 0.29) is 29.4 Å². The number of rotatable bonds is 7. The molecule has 1 amide bonds. The minimum absolute atomic E-state index is 0.00585. The number of ether oxygens (including phenoxy) is 1. The van der Waals surface area contributed by atoms with Crippen LogP contribution in [0.25, 0.3) is 17.0 Å². The summed E-state index contributed by atoms with van der Waals surface area (Å²) < 4.78 is 7.51. The average molecular weight is 528 g/mol. The monoisotopic (exact) mass is 527 g/mol. The number of aryl methyl sites for hydroxylation is 1. The highest BCUT2D eigenvalue weighted by Crippen LogP contribution is 2.38. The zero-order valence-electron chi connectivity index (χ0n) is 21.3. The maximum atomic E-state index is 13.8. The van der Waals surface area contributed by atoms with Crippen molar-refractivity contribution in [2.24, 2.45) is 5.92 Å². The number of pyridine rings is 1. The van der Waals surface area contributed by atoms with Gasteiger partial charge >= 0.3 is 5.97 Å². The lowest BCUT2D eigenvalue weighted by molar-refractivity contribution is -0.148. The summed E-state index contributed by atoms with van der Waals surface area (Å²) in [5.74, 6) is -0.446. The lowest BCUT2D eigenvalue weighted by Crippen LogP contribution is -2.39. The molecule has 2 fully saturated rings. The van der Waals surface area contributed by atoms with Gasteiger partial charge in [-0.2, -0.15) is 0 Å². The molecule has 1 aromatic carbocycles. The molecule has 9 heteroatoms. The maximum Gasteiger partial charge on any atom is 0.309 e. The summed E-state index contributed by atoms with van der Waals surface area (Å²) in [5, 5.41) is 0.956. The van der Waals surface area contributed by atoms with Crippen molar-refractivity contribution in [1.82, 2.24) is 9.47 Å². The van der Waals surface area contributed by atoms with Gasteiger partial charge < -0.3 is 14.2 Å². The molecule has 0 aliphatic carbocycles. The third-order valence-corrected chi connectivity index (χ3v) is 8.39. The van der Waals surface area contributed by atoms with Crippen molar-refractivity contribution < 1.29 is 14.3 Å². The Morgan fingerprint density at radius 3 is 2.53 bits per heavy atom. The number of aromatic nitrogens is 1. The molecule has 1 unspecified atom stereocenters. The Labute approximate surface area is 221 Å². The van der Waals surface area contributed by atoms with Gasteiger partial charge in [0.1, 0.15) is 4.32 Å². The van der Waals surface area contributed by atoms with Crippen molar-refractivity contribution in [2.45, 2.75) is 59.5 Å². The molecule has 7 nitrogen and oxygen atoms in total. The van der Waals surface area contributed by atoms with Gasteiger partial charge in [0.2, 0.25) is 0 Å². The number of esters is 1. The number of benzene rings is 1. The van der Waals surface area contributed by atoms with E-state index in [9.17, 15) is 14.4 Å². The summed E-state index contributed by atoms with van der Waals surface area (Å²) in [4.78, 5) is 43.7. The Balaban J connectivity index is 1.83. The van der Waals surface area contributed by atoms with Gasteiger partial charge in [0.25, 0.3) is 11.5 Å². The molecular weight excluding hydrogens is 494 g/mol. The molecule has 1 aromatic heterocycles. The summed E-state index contributed by atoms with van der Waals surface area (Å²) in [6.07, 6.45) is 3.83. The fraction of sp³-hybridized carbons (Fsp3) is 0.481. The van der Waals surface area contributed by atoms with Crippen molar-refractivity contribution in [3.8, 4) is 0 Å². The molecule has 0 saturated carbocycles. The number of carbonyl (C=O) groups is 2. The van der Waals surface area contributed by atoms with E-state index in [0.717, 1.165) is 23.0 Å². The molecule has 192 valence electrons. The van der Waals surface area contributed by atoms with E-state index in [2.05, 4.69) is 4.90 Å². The summed E-state index contributed by atoms with van der Waals surface area (Å²) in [7, 11) is 0. The minimum atomic E-state index is -0.155. The second-order valence-corrected chi connectivity index (χ2v) is 10.8. The molecule has 4 rings (SSSR count). The average Bonchev–Trinajstić information content (AvgIpc) is 3.16. The van der Waals surface area contributed by atoms with Crippen molar-refractivity contribution in [3.05, 3.63) is 45.1 Å². The number of amides is 1. The first-order valence-electron chi connectivity index (χ1n) is 12.7. The smallest absolute Gasteiger partial charge is 0.309 e. The number of thioether (sulfide) groups is 1. The fourth-order valence-corrected chi connectivity index (χ4v) is 6.41. The molecule has 36 heavy (non-hydrogen) atoms. The van der Waals surface area contributed by atoms with E-state index in [1.165, 1.54) is 11.8 Å². The van der Waals surface area contributed by atoms with E-state index >= 15 is 0 Å². The number of hydrogen-bond acceptors (Lipinski definition) is 7. The molecule has 0 radical (unpaired) electrons. The van der Waals surface area contributed by atoms with Crippen LogP contribution in [0.1, 0.15) is 52.5 Å². The fourth-order valence-electron chi connectivity index (χ4n) is 4.97. The van der Waals surface area contributed by atoms with Crippen LogP contribution in [0.4, 0.5) is 5.69 Å². The van der Waals surface area contributed by atoms with Crippen LogP contribution < -0.4 is 10.5 Å². The highest BCUT2D eigenvalue weighted by Gasteiger charge is 2.36. The van der Waals surface area contributed by atoms with E-state index in [1.807, 2.05) is 52.0 Å². The van der Waals surface area contributed by atoms with Gasteiger partial charge in [0, 0.05) is 31.1 Å². The Morgan fingerprint density at radius 2 is 1.89 bits per heavy atom. The first kappa shape index (κ1) is 26.4. The van der Waals surface area contributed by atoms with Gasteiger partial charge in [0.05, 0.1) is 34.2 Å². The Bertz CT molecular complexity index is 1280. The summed E-state index contributed by atoms with van der Waals surface area (Å²) in [5.41, 5.74) is 2.04.